The van der Waals surface area contributed by atoms with Gasteiger partial charge in [-0.1, -0.05) is 30.3 Å². The van der Waals surface area contributed by atoms with Crippen molar-refractivity contribution in [1.29, 1.82) is 0 Å². The molecule has 4 heteroatoms. The van der Waals surface area contributed by atoms with Crippen LogP contribution in [0.5, 0.6) is 0 Å². The molecule has 3 fully saturated rings. The molecule has 3 aliphatic heterocycles. The van der Waals surface area contributed by atoms with E-state index in [1.54, 1.807) is 0 Å². The first-order valence-corrected chi connectivity index (χ1v) is 9.06. The first kappa shape index (κ1) is 17.2. The van der Waals surface area contributed by atoms with E-state index in [1.807, 2.05) is 0 Å². The number of hydrogen-bond acceptors (Lipinski definition) is 3. The summed E-state index contributed by atoms with van der Waals surface area (Å²) in [6, 6.07) is 10.9. The molecule has 1 N–H and O–H groups in total. The van der Waals surface area contributed by atoms with Crippen molar-refractivity contribution in [3.8, 4) is 0 Å². The normalized spacial score (nSPS) is 31.7. The zero-order valence-corrected chi connectivity index (χ0v) is 14.8. The summed E-state index contributed by atoms with van der Waals surface area (Å²) in [5.41, 5.74) is 1.47. The molecule has 128 valence electrons. The highest BCUT2D eigenvalue weighted by Crippen LogP contribution is 2.32. The number of halogens is 1. The molecule has 0 amide bonds. The summed E-state index contributed by atoms with van der Waals surface area (Å²) < 4.78 is 0. The van der Waals surface area contributed by atoms with Crippen molar-refractivity contribution in [2.45, 2.75) is 19.4 Å². The molecule has 3 saturated heterocycles. The molecule has 3 nitrogen and oxygen atoms in total. The van der Waals surface area contributed by atoms with Crippen LogP contribution in [0.4, 0.5) is 0 Å². The lowest BCUT2D eigenvalue weighted by molar-refractivity contribution is 0.209. The van der Waals surface area contributed by atoms with E-state index in [9.17, 15) is 0 Å². The van der Waals surface area contributed by atoms with Gasteiger partial charge in [-0.3, -0.25) is 4.90 Å². The summed E-state index contributed by atoms with van der Waals surface area (Å²) in [6.07, 6.45) is 2.80. The van der Waals surface area contributed by atoms with Crippen molar-refractivity contribution >= 4 is 12.4 Å². The number of rotatable bonds is 4. The summed E-state index contributed by atoms with van der Waals surface area (Å²) in [4.78, 5) is 5.43. The van der Waals surface area contributed by atoms with Gasteiger partial charge in [-0.25, -0.2) is 0 Å². The van der Waals surface area contributed by atoms with Gasteiger partial charge >= 0.3 is 0 Å². The fraction of sp³-hybridized carbons (Fsp3) is 0.684. The van der Waals surface area contributed by atoms with E-state index in [4.69, 9.17) is 0 Å². The molecule has 1 aromatic rings. The predicted octanol–water partition coefficient (Wildman–Crippen LogP) is 2.47. The van der Waals surface area contributed by atoms with Crippen molar-refractivity contribution in [2.75, 3.05) is 45.8 Å². The summed E-state index contributed by atoms with van der Waals surface area (Å²) in [5, 5.41) is 3.56. The maximum absolute atomic E-state index is 3.56. The Bertz CT molecular complexity index is 461. The van der Waals surface area contributed by atoms with Crippen molar-refractivity contribution in [3.63, 3.8) is 0 Å². The van der Waals surface area contributed by atoms with Gasteiger partial charge < -0.3 is 10.2 Å². The van der Waals surface area contributed by atoms with Crippen LogP contribution < -0.4 is 5.32 Å². The molecule has 0 saturated carbocycles. The molecule has 3 heterocycles. The molecule has 0 spiro atoms. The molecular weight excluding hydrogens is 306 g/mol. The number of nitrogens with one attached hydrogen (secondary N) is 1. The zero-order chi connectivity index (χ0) is 14.8. The van der Waals surface area contributed by atoms with E-state index in [1.165, 1.54) is 64.2 Å². The molecule has 3 atom stereocenters. The number of nitrogens with zero attached hydrogens (tertiary/aromatic N) is 2. The second-order valence-corrected chi connectivity index (χ2v) is 7.63. The van der Waals surface area contributed by atoms with Crippen LogP contribution in [0.15, 0.2) is 30.3 Å². The van der Waals surface area contributed by atoms with E-state index in [0.717, 1.165) is 24.3 Å². The molecule has 0 aromatic heterocycles. The van der Waals surface area contributed by atoms with Gasteiger partial charge in [0.05, 0.1) is 0 Å². The number of benzene rings is 1. The maximum Gasteiger partial charge on any atom is 0.0233 e. The van der Waals surface area contributed by atoms with Crippen molar-refractivity contribution in [1.82, 2.24) is 15.1 Å². The van der Waals surface area contributed by atoms with Gasteiger partial charge in [0.25, 0.3) is 0 Å². The van der Waals surface area contributed by atoms with Gasteiger partial charge in [-0.05, 0) is 49.2 Å². The standard InChI is InChI=1S/C19H29N3.ClH/c1-2-5-16(6-3-1)10-21-12-18-14-22(15-19(18)13-21)11-17-7-4-8-20-9-17;/h1-3,5-6,17-20H,4,7-15H2;1H/t17?,18-,19+;. The average Bonchev–Trinajstić information content (AvgIpc) is 3.07. The minimum absolute atomic E-state index is 0. The molecule has 3 aliphatic rings. The van der Waals surface area contributed by atoms with Crippen LogP contribution in [-0.2, 0) is 6.54 Å². The molecule has 0 bridgehead atoms. The minimum atomic E-state index is 0. The third kappa shape index (κ3) is 4.27. The van der Waals surface area contributed by atoms with Gasteiger partial charge in [0, 0.05) is 39.3 Å². The summed E-state index contributed by atoms with van der Waals surface area (Å²) in [6.45, 7) is 10.2. The lowest BCUT2D eigenvalue weighted by Crippen LogP contribution is -2.38. The van der Waals surface area contributed by atoms with Crippen LogP contribution in [-0.4, -0.2) is 55.6 Å². The topological polar surface area (TPSA) is 18.5 Å². The van der Waals surface area contributed by atoms with Gasteiger partial charge in [0.1, 0.15) is 0 Å². The van der Waals surface area contributed by atoms with E-state index in [2.05, 4.69) is 45.4 Å². The molecule has 1 aromatic carbocycles. The number of likely N-dealkylation sites (tertiary alicyclic amines) is 2. The smallest absolute Gasteiger partial charge is 0.0233 e. The Morgan fingerprint density at radius 1 is 0.957 bits per heavy atom. The molecule has 0 aliphatic carbocycles. The van der Waals surface area contributed by atoms with Crippen LogP contribution in [0.3, 0.4) is 0 Å². The largest absolute Gasteiger partial charge is 0.316 e. The Hall–Kier alpha value is -0.610. The molecule has 23 heavy (non-hydrogen) atoms. The molecule has 1 unspecified atom stereocenters. The monoisotopic (exact) mass is 335 g/mol. The minimum Gasteiger partial charge on any atom is -0.316 e. The average molecular weight is 336 g/mol. The Morgan fingerprint density at radius 2 is 1.65 bits per heavy atom. The highest BCUT2D eigenvalue weighted by Gasteiger charge is 2.40. The fourth-order valence-corrected chi connectivity index (χ4v) is 4.75. The summed E-state index contributed by atoms with van der Waals surface area (Å²) in [5.74, 6) is 2.73. The Balaban J connectivity index is 0.00000156. The molecular formula is C19H30ClN3. The third-order valence-electron chi connectivity index (χ3n) is 5.80. The fourth-order valence-electron chi connectivity index (χ4n) is 4.75. The zero-order valence-electron chi connectivity index (χ0n) is 14.0. The van der Waals surface area contributed by atoms with Crippen LogP contribution in [0.2, 0.25) is 0 Å². The van der Waals surface area contributed by atoms with Crippen LogP contribution in [0, 0.1) is 17.8 Å². The maximum atomic E-state index is 3.56. The van der Waals surface area contributed by atoms with Gasteiger partial charge in [-0.2, -0.15) is 0 Å². The second kappa shape index (κ2) is 7.98. The second-order valence-electron chi connectivity index (χ2n) is 7.63. The quantitative estimate of drug-likeness (QED) is 0.912. The lowest BCUT2D eigenvalue weighted by Gasteiger charge is -2.28. The first-order chi connectivity index (χ1) is 10.9. The van der Waals surface area contributed by atoms with Crippen LogP contribution in [0.1, 0.15) is 18.4 Å². The van der Waals surface area contributed by atoms with Gasteiger partial charge in [-0.15, -0.1) is 12.4 Å². The Morgan fingerprint density at radius 3 is 2.30 bits per heavy atom. The van der Waals surface area contributed by atoms with Crippen molar-refractivity contribution < 1.29 is 0 Å². The van der Waals surface area contributed by atoms with Gasteiger partial charge in [0.2, 0.25) is 0 Å². The lowest BCUT2D eigenvalue weighted by atomic mass is 9.99. The first-order valence-electron chi connectivity index (χ1n) is 9.06. The summed E-state index contributed by atoms with van der Waals surface area (Å²) in [7, 11) is 0. The van der Waals surface area contributed by atoms with Crippen molar-refractivity contribution in [2.24, 2.45) is 17.8 Å². The molecule has 0 radical (unpaired) electrons. The SMILES string of the molecule is Cl.c1ccc(CN2C[C@@H]3CN(CC4CCCNC4)C[C@@H]3C2)cc1. The van der Waals surface area contributed by atoms with Crippen LogP contribution >= 0.6 is 12.4 Å². The van der Waals surface area contributed by atoms with Crippen molar-refractivity contribution in [3.05, 3.63) is 35.9 Å². The van der Waals surface area contributed by atoms with Crippen LogP contribution in [0.25, 0.3) is 0 Å². The van der Waals surface area contributed by atoms with E-state index >= 15 is 0 Å². The van der Waals surface area contributed by atoms with E-state index in [0.29, 0.717) is 0 Å². The third-order valence-corrected chi connectivity index (χ3v) is 5.80. The highest BCUT2D eigenvalue weighted by molar-refractivity contribution is 5.85. The number of hydrogen-bond donors (Lipinski definition) is 1. The van der Waals surface area contributed by atoms with E-state index < -0.39 is 0 Å². The Kier molecular flexibility index (Phi) is 5.97. The van der Waals surface area contributed by atoms with Gasteiger partial charge in [0.15, 0.2) is 0 Å². The Labute approximate surface area is 146 Å². The highest BCUT2D eigenvalue weighted by atomic mass is 35.5. The number of fused-ring (bicyclic) bond motifs is 1. The number of piperidine rings is 1. The van der Waals surface area contributed by atoms with E-state index in [-0.39, 0.29) is 12.4 Å². The molecule has 4 rings (SSSR count). The predicted molar refractivity (Wildman–Crippen MR) is 98.0 cm³/mol. The summed E-state index contributed by atoms with van der Waals surface area (Å²) >= 11 is 0.